The Balaban J connectivity index is 2.84. The number of sulfonamides is 1. The topological polar surface area (TPSA) is 98.5 Å². The van der Waals surface area contributed by atoms with Gasteiger partial charge in [0.25, 0.3) is 0 Å². The van der Waals surface area contributed by atoms with Gasteiger partial charge in [-0.15, -0.1) is 0 Å². The number of ether oxygens (including phenoxy) is 1. The van der Waals surface area contributed by atoms with Crippen LogP contribution >= 0.6 is 0 Å². The molecule has 0 amide bonds. The third-order valence-corrected chi connectivity index (χ3v) is 3.88. The molecule has 114 valence electrons. The van der Waals surface area contributed by atoms with Crippen LogP contribution in [0.2, 0.25) is 0 Å². The lowest BCUT2D eigenvalue weighted by molar-refractivity contribution is -0.140. The monoisotopic (exact) mass is 314 g/mol. The van der Waals surface area contributed by atoms with E-state index in [2.05, 4.69) is 21.3 Å². The molecule has 8 heteroatoms. The van der Waals surface area contributed by atoms with E-state index in [4.69, 9.17) is 5.73 Å². The Morgan fingerprint density at radius 1 is 1.48 bits per heavy atom. The van der Waals surface area contributed by atoms with Crippen molar-refractivity contribution in [3.05, 3.63) is 29.6 Å². The molecule has 0 atom stereocenters. The van der Waals surface area contributed by atoms with Crippen LogP contribution < -0.4 is 10.5 Å². The Bertz CT molecular complexity index is 677. The molecule has 0 bridgehead atoms. The zero-order chi connectivity index (χ0) is 15.9. The van der Waals surface area contributed by atoms with Crippen molar-refractivity contribution in [3.8, 4) is 11.8 Å². The third-order valence-electron chi connectivity index (χ3n) is 2.42. The van der Waals surface area contributed by atoms with Crippen molar-refractivity contribution >= 4 is 16.0 Å². The molecule has 1 aromatic rings. The second-order valence-electron chi connectivity index (χ2n) is 3.87. The number of methoxy groups -OCH3 is 1. The van der Waals surface area contributed by atoms with Crippen LogP contribution in [0.1, 0.15) is 12.0 Å². The van der Waals surface area contributed by atoms with Crippen LogP contribution in [0.25, 0.3) is 0 Å². The first-order valence-corrected chi connectivity index (χ1v) is 7.44. The van der Waals surface area contributed by atoms with E-state index in [1.807, 2.05) is 0 Å². The summed E-state index contributed by atoms with van der Waals surface area (Å²) in [6.07, 6.45) is -0.113. The van der Waals surface area contributed by atoms with Gasteiger partial charge in [0.2, 0.25) is 10.0 Å². The second kappa shape index (κ2) is 7.73. The Morgan fingerprint density at radius 2 is 2.19 bits per heavy atom. The number of hydrogen-bond acceptors (Lipinski definition) is 5. The molecule has 0 aromatic heterocycles. The number of nitrogens with two attached hydrogens (primary N) is 1. The van der Waals surface area contributed by atoms with Gasteiger partial charge in [-0.05, 0) is 18.2 Å². The summed E-state index contributed by atoms with van der Waals surface area (Å²) in [5.41, 5.74) is 5.24. The van der Waals surface area contributed by atoms with Crippen LogP contribution in [0.4, 0.5) is 4.39 Å². The lowest BCUT2D eigenvalue weighted by atomic mass is 10.2. The zero-order valence-electron chi connectivity index (χ0n) is 11.3. The maximum atomic E-state index is 13.7. The molecule has 1 rings (SSSR count). The van der Waals surface area contributed by atoms with Gasteiger partial charge in [0.15, 0.2) is 0 Å². The average molecular weight is 314 g/mol. The first-order valence-electron chi connectivity index (χ1n) is 5.95. The molecule has 0 saturated heterocycles. The molecular formula is C13H15FN2O4S. The second-order valence-corrected chi connectivity index (χ2v) is 5.64. The molecule has 0 aliphatic carbocycles. The summed E-state index contributed by atoms with van der Waals surface area (Å²) in [6.45, 7) is -0.0556. The number of nitrogens with one attached hydrogen (secondary N) is 1. The van der Waals surface area contributed by atoms with Crippen molar-refractivity contribution in [3.63, 3.8) is 0 Å². The molecule has 0 aliphatic rings. The van der Waals surface area contributed by atoms with E-state index in [0.717, 1.165) is 6.07 Å². The van der Waals surface area contributed by atoms with Crippen molar-refractivity contribution in [1.29, 1.82) is 0 Å². The Hall–Kier alpha value is -1.95. The minimum atomic E-state index is -3.89. The van der Waals surface area contributed by atoms with Crippen molar-refractivity contribution in [2.75, 3.05) is 20.2 Å². The van der Waals surface area contributed by atoms with E-state index in [0.29, 0.717) is 0 Å². The lowest BCUT2D eigenvalue weighted by Crippen LogP contribution is -2.26. The molecule has 3 N–H and O–H groups in total. The summed E-state index contributed by atoms with van der Waals surface area (Å²) in [7, 11) is -2.69. The van der Waals surface area contributed by atoms with Crippen molar-refractivity contribution < 1.29 is 22.3 Å². The predicted octanol–water partition coefficient (Wildman–Crippen LogP) is -0.0227. The van der Waals surface area contributed by atoms with E-state index < -0.39 is 21.8 Å². The zero-order valence-corrected chi connectivity index (χ0v) is 12.2. The quantitative estimate of drug-likeness (QED) is 0.588. The molecule has 0 radical (unpaired) electrons. The number of carbonyl (C=O) groups is 1. The van der Waals surface area contributed by atoms with E-state index in [1.165, 1.54) is 19.2 Å². The summed E-state index contributed by atoms with van der Waals surface area (Å²) >= 11 is 0. The standard InChI is InChI=1S/C13H15FN2O4S/c1-20-13(17)6-8-16-21(18,19)11-5-4-10(3-2-7-15)12(14)9-11/h4-5,9,16H,6-8,15H2,1H3. The fourth-order valence-corrected chi connectivity index (χ4v) is 2.43. The summed E-state index contributed by atoms with van der Waals surface area (Å²) in [5, 5.41) is 0. The number of carbonyl (C=O) groups excluding carboxylic acids is 1. The maximum absolute atomic E-state index is 13.7. The highest BCUT2D eigenvalue weighted by Crippen LogP contribution is 2.14. The molecule has 0 fully saturated rings. The summed E-state index contributed by atoms with van der Waals surface area (Å²) in [5.74, 6) is 3.67. The number of hydrogen-bond donors (Lipinski definition) is 2. The Morgan fingerprint density at radius 3 is 2.76 bits per heavy atom. The lowest BCUT2D eigenvalue weighted by Gasteiger charge is -2.06. The Kier molecular flexibility index (Phi) is 6.30. The first kappa shape index (κ1) is 17.1. The summed E-state index contributed by atoms with van der Waals surface area (Å²) < 4.78 is 44.0. The molecule has 0 heterocycles. The largest absolute Gasteiger partial charge is 0.469 e. The molecule has 21 heavy (non-hydrogen) atoms. The van der Waals surface area contributed by atoms with Crippen molar-refractivity contribution in [2.24, 2.45) is 5.73 Å². The fourth-order valence-electron chi connectivity index (χ4n) is 1.38. The highest BCUT2D eigenvalue weighted by molar-refractivity contribution is 7.89. The van der Waals surface area contributed by atoms with Crippen molar-refractivity contribution in [1.82, 2.24) is 4.72 Å². The fraction of sp³-hybridized carbons (Fsp3) is 0.308. The van der Waals surface area contributed by atoms with Gasteiger partial charge in [-0.25, -0.2) is 17.5 Å². The van der Waals surface area contributed by atoms with Gasteiger partial charge in [-0.1, -0.05) is 11.8 Å². The van der Waals surface area contributed by atoms with E-state index in [9.17, 15) is 17.6 Å². The normalized spacial score (nSPS) is 10.6. The molecular weight excluding hydrogens is 299 g/mol. The van der Waals surface area contributed by atoms with Gasteiger partial charge < -0.3 is 10.5 Å². The molecule has 0 aliphatic heterocycles. The molecule has 0 unspecified atom stereocenters. The van der Waals surface area contributed by atoms with Crippen LogP contribution in [-0.2, 0) is 19.6 Å². The molecule has 0 spiro atoms. The average Bonchev–Trinajstić information content (AvgIpc) is 2.45. The smallest absolute Gasteiger partial charge is 0.306 e. The third kappa shape index (κ3) is 5.15. The van der Waals surface area contributed by atoms with Crippen LogP contribution in [0, 0.1) is 17.7 Å². The van der Waals surface area contributed by atoms with Crippen LogP contribution in [0.5, 0.6) is 0 Å². The van der Waals surface area contributed by atoms with Crippen LogP contribution in [0.15, 0.2) is 23.1 Å². The minimum Gasteiger partial charge on any atom is -0.469 e. The van der Waals surface area contributed by atoms with E-state index in [-0.39, 0.29) is 30.0 Å². The highest BCUT2D eigenvalue weighted by atomic mass is 32.2. The molecule has 6 nitrogen and oxygen atoms in total. The number of esters is 1. The van der Waals surface area contributed by atoms with Gasteiger partial charge in [0.05, 0.1) is 30.5 Å². The van der Waals surface area contributed by atoms with Gasteiger partial charge >= 0.3 is 5.97 Å². The van der Waals surface area contributed by atoms with Crippen LogP contribution in [-0.4, -0.2) is 34.6 Å². The van der Waals surface area contributed by atoms with E-state index in [1.54, 1.807) is 0 Å². The number of halogens is 1. The number of benzene rings is 1. The van der Waals surface area contributed by atoms with Gasteiger partial charge in [0, 0.05) is 6.54 Å². The van der Waals surface area contributed by atoms with E-state index >= 15 is 0 Å². The summed E-state index contributed by atoms with van der Waals surface area (Å²) in [6, 6.07) is 3.35. The van der Waals surface area contributed by atoms with Crippen LogP contribution in [0.3, 0.4) is 0 Å². The highest BCUT2D eigenvalue weighted by Gasteiger charge is 2.16. The van der Waals surface area contributed by atoms with Crippen molar-refractivity contribution in [2.45, 2.75) is 11.3 Å². The number of rotatable bonds is 5. The van der Waals surface area contributed by atoms with Gasteiger partial charge in [-0.2, -0.15) is 0 Å². The SMILES string of the molecule is COC(=O)CCNS(=O)(=O)c1ccc(C#CCN)c(F)c1. The Labute approximate surface area is 122 Å². The minimum absolute atomic E-state index is 0.0639. The molecule has 0 saturated carbocycles. The molecule has 1 aromatic carbocycles. The summed E-state index contributed by atoms with van der Waals surface area (Å²) in [4.78, 5) is 10.6. The van der Waals surface area contributed by atoms with Gasteiger partial charge in [-0.3, -0.25) is 4.79 Å². The predicted molar refractivity (Wildman–Crippen MR) is 74.2 cm³/mol. The maximum Gasteiger partial charge on any atom is 0.306 e. The first-order chi connectivity index (χ1) is 9.90. The van der Waals surface area contributed by atoms with Gasteiger partial charge in [0.1, 0.15) is 5.82 Å².